The molecule has 0 unspecified atom stereocenters. The number of allylic oxidation sites excluding steroid dienone is 1. The van der Waals surface area contributed by atoms with Gasteiger partial charge in [0.05, 0.1) is 26.0 Å². The summed E-state index contributed by atoms with van der Waals surface area (Å²) in [7, 11) is 1.75. The predicted octanol–water partition coefficient (Wildman–Crippen LogP) is 5.78. The van der Waals surface area contributed by atoms with E-state index in [0.717, 1.165) is 69.2 Å². The third kappa shape index (κ3) is 3.97. The van der Waals surface area contributed by atoms with Gasteiger partial charge < -0.3 is 13.9 Å². The van der Waals surface area contributed by atoms with E-state index in [2.05, 4.69) is 83.2 Å². The standard InChI is InChI=1S/C32H33N3O2/c1-22-6-3-4-8-27(22)29-9-5-7-23-14-26(36-2)10-11-28(23)31(29)24-12-13-35-17-25(33-30(35)15-24)16-34-18-32(19-34)20-37-21-32/h3-4,6,8,10-15,17H,5,7,9,16,18-21H2,1-2H3. The number of hydrogen-bond donors (Lipinski definition) is 0. The Balaban J connectivity index is 1.31. The molecule has 5 nitrogen and oxygen atoms in total. The third-order valence-electron chi connectivity index (χ3n) is 8.35. The van der Waals surface area contributed by atoms with E-state index in [1.165, 1.54) is 39.0 Å². The van der Waals surface area contributed by atoms with Crippen LogP contribution in [0.1, 0.15) is 46.4 Å². The molecular formula is C32H33N3O2. The van der Waals surface area contributed by atoms with E-state index in [-0.39, 0.29) is 0 Å². The van der Waals surface area contributed by atoms with Crippen LogP contribution in [0, 0.1) is 12.3 Å². The number of ether oxygens (including phenoxy) is 2. The van der Waals surface area contributed by atoms with Gasteiger partial charge in [0.1, 0.15) is 11.4 Å². The van der Waals surface area contributed by atoms with Crippen molar-refractivity contribution in [3.8, 4) is 5.75 Å². The topological polar surface area (TPSA) is 39.0 Å². The van der Waals surface area contributed by atoms with Crippen LogP contribution in [-0.2, 0) is 17.7 Å². The van der Waals surface area contributed by atoms with E-state index in [1.54, 1.807) is 7.11 Å². The summed E-state index contributed by atoms with van der Waals surface area (Å²) in [6.07, 6.45) is 7.57. The molecule has 2 aliphatic heterocycles. The quantitative estimate of drug-likeness (QED) is 0.355. The van der Waals surface area contributed by atoms with E-state index in [1.807, 2.05) is 0 Å². The maximum absolute atomic E-state index is 5.58. The summed E-state index contributed by atoms with van der Waals surface area (Å²) in [5.41, 5.74) is 11.9. The maximum atomic E-state index is 5.58. The summed E-state index contributed by atoms with van der Waals surface area (Å²) in [5.74, 6) is 0.923. The highest BCUT2D eigenvalue weighted by molar-refractivity contribution is 6.00. The second kappa shape index (κ2) is 8.86. The highest BCUT2D eigenvalue weighted by Gasteiger charge is 2.48. The molecule has 5 heteroatoms. The molecule has 4 aromatic rings. The van der Waals surface area contributed by atoms with Crippen molar-refractivity contribution in [2.24, 2.45) is 5.41 Å². The molecule has 2 saturated heterocycles. The number of aromatic nitrogens is 2. The van der Waals surface area contributed by atoms with E-state index < -0.39 is 0 Å². The SMILES string of the molecule is COc1ccc2c(c1)CCCC(c1ccccc1C)=C2c1ccn2cc(CN3CC4(COC4)C3)nc2c1. The lowest BCUT2D eigenvalue weighted by atomic mass is 9.78. The summed E-state index contributed by atoms with van der Waals surface area (Å²) < 4.78 is 13.2. The molecule has 1 spiro atoms. The number of benzene rings is 2. The third-order valence-corrected chi connectivity index (χ3v) is 8.35. The fraction of sp³-hybridized carbons (Fsp3) is 0.344. The minimum atomic E-state index is 0.431. The smallest absolute Gasteiger partial charge is 0.137 e. The molecule has 7 rings (SSSR count). The van der Waals surface area contributed by atoms with Gasteiger partial charge in [-0.1, -0.05) is 30.3 Å². The Morgan fingerprint density at radius 3 is 2.65 bits per heavy atom. The normalized spacial score (nSPS) is 18.9. The fourth-order valence-corrected chi connectivity index (χ4v) is 6.48. The second-order valence-corrected chi connectivity index (χ2v) is 11.1. The van der Waals surface area contributed by atoms with Crippen molar-refractivity contribution in [1.29, 1.82) is 0 Å². The van der Waals surface area contributed by atoms with Crippen LogP contribution >= 0.6 is 0 Å². The zero-order valence-corrected chi connectivity index (χ0v) is 21.7. The number of rotatable bonds is 5. The van der Waals surface area contributed by atoms with Gasteiger partial charge in [0.25, 0.3) is 0 Å². The molecule has 0 atom stereocenters. The molecule has 0 saturated carbocycles. The van der Waals surface area contributed by atoms with Crippen LogP contribution in [0.4, 0.5) is 0 Å². The first-order chi connectivity index (χ1) is 18.1. The Labute approximate surface area is 218 Å². The summed E-state index contributed by atoms with van der Waals surface area (Å²) in [6.45, 7) is 7.21. The number of likely N-dealkylation sites (tertiary alicyclic amines) is 1. The largest absolute Gasteiger partial charge is 0.497 e. The molecule has 1 aliphatic carbocycles. The Morgan fingerprint density at radius 1 is 1.00 bits per heavy atom. The fourth-order valence-electron chi connectivity index (χ4n) is 6.48. The van der Waals surface area contributed by atoms with Crippen molar-refractivity contribution >= 4 is 16.8 Å². The highest BCUT2D eigenvalue weighted by atomic mass is 16.5. The van der Waals surface area contributed by atoms with Gasteiger partial charge in [0, 0.05) is 37.4 Å². The van der Waals surface area contributed by atoms with Crippen molar-refractivity contribution in [2.75, 3.05) is 33.4 Å². The van der Waals surface area contributed by atoms with Crippen LogP contribution in [0.2, 0.25) is 0 Å². The van der Waals surface area contributed by atoms with Crippen LogP contribution in [0.15, 0.2) is 67.0 Å². The summed E-state index contributed by atoms with van der Waals surface area (Å²) in [5, 5.41) is 0. The first-order valence-corrected chi connectivity index (χ1v) is 13.4. The van der Waals surface area contributed by atoms with E-state index in [0.29, 0.717) is 5.41 Å². The van der Waals surface area contributed by atoms with Crippen LogP contribution in [0.3, 0.4) is 0 Å². The van der Waals surface area contributed by atoms with Crippen molar-refractivity contribution in [3.05, 3.63) is 101 Å². The minimum Gasteiger partial charge on any atom is -0.497 e. The van der Waals surface area contributed by atoms with Crippen molar-refractivity contribution in [3.63, 3.8) is 0 Å². The lowest BCUT2D eigenvalue weighted by Gasteiger charge is -2.55. The molecule has 4 heterocycles. The van der Waals surface area contributed by atoms with Gasteiger partial charge in [0.2, 0.25) is 0 Å². The maximum Gasteiger partial charge on any atom is 0.137 e. The molecule has 2 aromatic heterocycles. The summed E-state index contributed by atoms with van der Waals surface area (Å²) >= 11 is 0. The van der Waals surface area contributed by atoms with Gasteiger partial charge in [-0.2, -0.15) is 0 Å². The molecule has 0 bridgehead atoms. The lowest BCUT2D eigenvalue weighted by Crippen LogP contribution is -2.65. The molecule has 188 valence electrons. The van der Waals surface area contributed by atoms with Gasteiger partial charge >= 0.3 is 0 Å². The zero-order valence-electron chi connectivity index (χ0n) is 21.7. The van der Waals surface area contributed by atoms with Crippen molar-refractivity contribution in [1.82, 2.24) is 14.3 Å². The van der Waals surface area contributed by atoms with E-state index >= 15 is 0 Å². The number of imidazole rings is 1. The monoisotopic (exact) mass is 491 g/mol. The van der Waals surface area contributed by atoms with Crippen LogP contribution < -0.4 is 4.74 Å². The van der Waals surface area contributed by atoms with Crippen LogP contribution in [0.25, 0.3) is 16.8 Å². The zero-order chi connectivity index (χ0) is 25.0. The van der Waals surface area contributed by atoms with Crippen LogP contribution in [0.5, 0.6) is 5.75 Å². The van der Waals surface area contributed by atoms with Gasteiger partial charge in [-0.05, 0) is 89.4 Å². The number of aryl methyl sites for hydroxylation is 2. The Bertz CT molecular complexity index is 1520. The Morgan fingerprint density at radius 2 is 1.86 bits per heavy atom. The number of fused-ring (bicyclic) bond motifs is 2. The lowest BCUT2D eigenvalue weighted by molar-refractivity contribution is -0.191. The molecular weight excluding hydrogens is 458 g/mol. The molecule has 2 fully saturated rings. The van der Waals surface area contributed by atoms with Gasteiger partial charge in [-0.25, -0.2) is 4.98 Å². The first-order valence-electron chi connectivity index (χ1n) is 13.4. The van der Waals surface area contributed by atoms with Gasteiger partial charge in [0.15, 0.2) is 0 Å². The average Bonchev–Trinajstić information content (AvgIpc) is 3.17. The average molecular weight is 492 g/mol. The summed E-state index contributed by atoms with van der Waals surface area (Å²) in [4.78, 5) is 7.54. The Kier molecular flexibility index (Phi) is 5.45. The Hall–Kier alpha value is -3.41. The van der Waals surface area contributed by atoms with E-state index in [9.17, 15) is 0 Å². The van der Waals surface area contributed by atoms with E-state index in [4.69, 9.17) is 14.5 Å². The number of nitrogens with zero attached hydrogens (tertiary/aromatic N) is 3. The molecule has 0 amide bonds. The van der Waals surface area contributed by atoms with Gasteiger partial charge in [-0.3, -0.25) is 4.90 Å². The summed E-state index contributed by atoms with van der Waals surface area (Å²) in [6, 6.07) is 19.9. The molecule has 2 aromatic carbocycles. The van der Waals surface area contributed by atoms with Crippen LogP contribution in [-0.4, -0.2) is 47.7 Å². The van der Waals surface area contributed by atoms with Crippen molar-refractivity contribution in [2.45, 2.75) is 32.7 Å². The molecule has 0 radical (unpaired) electrons. The first kappa shape index (κ1) is 22.8. The minimum absolute atomic E-state index is 0.431. The number of pyridine rings is 1. The number of hydrogen-bond acceptors (Lipinski definition) is 4. The molecule has 0 N–H and O–H groups in total. The van der Waals surface area contributed by atoms with Gasteiger partial charge in [-0.15, -0.1) is 0 Å². The second-order valence-electron chi connectivity index (χ2n) is 11.1. The van der Waals surface area contributed by atoms with Crippen molar-refractivity contribution < 1.29 is 9.47 Å². The predicted molar refractivity (Wildman–Crippen MR) is 147 cm³/mol. The molecule has 3 aliphatic rings. The molecule has 37 heavy (non-hydrogen) atoms. The highest BCUT2D eigenvalue weighted by Crippen LogP contribution is 2.42. The number of methoxy groups -OCH3 is 1.